The van der Waals surface area contributed by atoms with Crippen molar-refractivity contribution in [3.63, 3.8) is 0 Å². The lowest BCUT2D eigenvalue weighted by Crippen LogP contribution is -2.50. The van der Waals surface area contributed by atoms with Gasteiger partial charge in [-0.05, 0) is 38.9 Å². The second kappa shape index (κ2) is 6.60. The average molecular weight is 441 g/mol. The minimum atomic E-state index is -2.04. The number of fused-ring (bicyclic) bond motifs is 4. The first-order valence-electron chi connectivity index (χ1n) is 10.4. The summed E-state index contributed by atoms with van der Waals surface area (Å²) in [5.74, 6) is -2.39. The van der Waals surface area contributed by atoms with Gasteiger partial charge in [-0.15, -0.1) is 0 Å². The van der Waals surface area contributed by atoms with Crippen molar-refractivity contribution in [3.05, 3.63) is 32.6 Å². The maximum absolute atomic E-state index is 12.8. The standard InChI is InChI=1S/C20H32N2O7Si/c1-11-12-9-14(23)21-17(24)22(12)20(26-11)16-15(28-19(5,6)29-16)13(27-20)10-25-30(7,8)18(2,3)4/h9,11,13,15-16H,10H2,1-8H3,(H,21,23,24)/t11-,13-,15?,16?,20-/m1/s1. The number of aromatic nitrogens is 2. The number of nitrogens with one attached hydrogen (secondary N) is 1. The van der Waals surface area contributed by atoms with E-state index in [0.717, 1.165) is 0 Å². The van der Waals surface area contributed by atoms with Crippen LogP contribution in [-0.4, -0.2) is 48.6 Å². The van der Waals surface area contributed by atoms with Crippen LogP contribution in [0, 0.1) is 0 Å². The van der Waals surface area contributed by atoms with E-state index in [2.05, 4.69) is 38.8 Å². The summed E-state index contributed by atoms with van der Waals surface area (Å²) >= 11 is 0. The molecule has 10 heteroatoms. The van der Waals surface area contributed by atoms with E-state index >= 15 is 0 Å². The molecule has 2 fully saturated rings. The first-order valence-corrected chi connectivity index (χ1v) is 13.3. The van der Waals surface area contributed by atoms with Crippen molar-refractivity contribution >= 4 is 8.32 Å². The Morgan fingerprint density at radius 3 is 2.47 bits per heavy atom. The summed E-state index contributed by atoms with van der Waals surface area (Å²) in [6, 6.07) is 1.36. The van der Waals surface area contributed by atoms with Crippen molar-refractivity contribution in [1.82, 2.24) is 9.55 Å². The van der Waals surface area contributed by atoms with Crippen LogP contribution in [0.15, 0.2) is 15.7 Å². The first kappa shape index (κ1) is 21.9. The van der Waals surface area contributed by atoms with E-state index in [1.165, 1.54) is 10.6 Å². The summed E-state index contributed by atoms with van der Waals surface area (Å²) in [6.07, 6.45) is -2.19. The molecule has 3 aliphatic heterocycles. The monoisotopic (exact) mass is 440 g/mol. The summed E-state index contributed by atoms with van der Waals surface area (Å²) in [6.45, 7) is 16.6. The Hall–Kier alpha value is -1.30. The third-order valence-electron chi connectivity index (χ3n) is 6.63. The molecule has 4 rings (SSSR count). The van der Waals surface area contributed by atoms with Gasteiger partial charge in [0.05, 0.1) is 12.3 Å². The van der Waals surface area contributed by atoms with Gasteiger partial charge in [0.25, 0.3) is 11.5 Å². The van der Waals surface area contributed by atoms with Gasteiger partial charge in [-0.1, -0.05) is 20.8 Å². The van der Waals surface area contributed by atoms with E-state index in [1.807, 2.05) is 13.8 Å². The fourth-order valence-electron chi connectivity index (χ4n) is 4.11. The van der Waals surface area contributed by atoms with Gasteiger partial charge >= 0.3 is 5.69 Å². The summed E-state index contributed by atoms with van der Waals surface area (Å²) in [5.41, 5.74) is -0.628. The summed E-state index contributed by atoms with van der Waals surface area (Å²) in [7, 11) is -2.04. The second-order valence-corrected chi connectivity index (χ2v) is 15.1. The molecule has 0 aromatic carbocycles. The molecule has 1 aromatic rings. The molecule has 3 aliphatic rings. The molecule has 0 saturated carbocycles. The summed E-state index contributed by atoms with van der Waals surface area (Å²) < 4.78 is 32.6. The molecule has 168 valence electrons. The number of rotatable bonds is 3. The molecule has 9 nitrogen and oxygen atoms in total. The molecule has 0 bridgehead atoms. The van der Waals surface area contributed by atoms with Crippen LogP contribution in [0.2, 0.25) is 18.1 Å². The highest BCUT2D eigenvalue weighted by Crippen LogP contribution is 2.52. The van der Waals surface area contributed by atoms with Crippen molar-refractivity contribution in [3.8, 4) is 0 Å². The van der Waals surface area contributed by atoms with Crippen LogP contribution >= 0.6 is 0 Å². The van der Waals surface area contributed by atoms with Crippen LogP contribution in [0.5, 0.6) is 0 Å². The van der Waals surface area contributed by atoms with Crippen LogP contribution in [0.3, 0.4) is 0 Å². The zero-order valence-corrected chi connectivity index (χ0v) is 19.9. The molecule has 0 amide bonds. The van der Waals surface area contributed by atoms with Crippen molar-refractivity contribution in [2.75, 3.05) is 6.61 Å². The van der Waals surface area contributed by atoms with Gasteiger partial charge in [-0.25, -0.2) is 9.36 Å². The third kappa shape index (κ3) is 3.25. The Kier molecular flexibility index (Phi) is 4.82. The third-order valence-corrected chi connectivity index (χ3v) is 11.1. The van der Waals surface area contributed by atoms with E-state index in [9.17, 15) is 9.59 Å². The Bertz CT molecular complexity index is 963. The van der Waals surface area contributed by atoms with Gasteiger partial charge in [0.1, 0.15) is 18.3 Å². The molecular formula is C20H32N2O7Si. The van der Waals surface area contributed by atoms with E-state index in [-0.39, 0.29) is 5.04 Å². The first-order chi connectivity index (χ1) is 13.7. The predicted octanol–water partition coefficient (Wildman–Crippen LogP) is 2.18. The highest BCUT2D eigenvalue weighted by molar-refractivity contribution is 6.74. The van der Waals surface area contributed by atoms with Crippen molar-refractivity contribution < 1.29 is 23.4 Å². The van der Waals surface area contributed by atoms with Gasteiger partial charge in [0, 0.05) is 6.07 Å². The van der Waals surface area contributed by atoms with Crippen LogP contribution in [0.25, 0.3) is 0 Å². The van der Waals surface area contributed by atoms with E-state index < -0.39 is 55.7 Å². The Labute approximate surface area is 176 Å². The molecule has 30 heavy (non-hydrogen) atoms. The molecule has 0 radical (unpaired) electrons. The Morgan fingerprint density at radius 2 is 1.83 bits per heavy atom. The summed E-state index contributed by atoms with van der Waals surface area (Å²) in [4.78, 5) is 26.9. The lowest BCUT2D eigenvalue weighted by atomic mass is 10.1. The molecule has 4 heterocycles. The highest BCUT2D eigenvalue weighted by Gasteiger charge is 2.68. The fraction of sp³-hybridized carbons (Fsp3) is 0.800. The van der Waals surface area contributed by atoms with Gasteiger partial charge in [0.15, 0.2) is 20.2 Å². The van der Waals surface area contributed by atoms with Gasteiger partial charge in [-0.3, -0.25) is 9.78 Å². The van der Waals surface area contributed by atoms with Crippen LogP contribution in [0.4, 0.5) is 0 Å². The molecule has 1 spiro atoms. The Morgan fingerprint density at radius 1 is 1.17 bits per heavy atom. The van der Waals surface area contributed by atoms with Crippen molar-refractivity contribution in [2.24, 2.45) is 0 Å². The van der Waals surface area contributed by atoms with Crippen LogP contribution in [0.1, 0.15) is 53.3 Å². The van der Waals surface area contributed by atoms with Gasteiger partial charge < -0.3 is 23.4 Å². The number of nitrogens with zero attached hydrogens (tertiary/aromatic N) is 1. The largest absolute Gasteiger partial charge is 0.414 e. The Balaban J connectivity index is 1.72. The molecular weight excluding hydrogens is 408 g/mol. The minimum Gasteiger partial charge on any atom is -0.414 e. The van der Waals surface area contributed by atoms with Gasteiger partial charge in [-0.2, -0.15) is 0 Å². The molecule has 5 atom stereocenters. The number of H-pyrrole nitrogens is 1. The smallest absolute Gasteiger partial charge is 0.332 e. The van der Waals surface area contributed by atoms with E-state index in [0.29, 0.717) is 12.3 Å². The highest BCUT2D eigenvalue weighted by atomic mass is 28.4. The lowest BCUT2D eigenvalue weighted by Gasteiger charge is -2.37. The second-order valence-electron chi connectivity index (χ2n) is 10.3. The zero-order valence-electron chi connectivity index (χ0n) is 18.9. The minimum absolute atomic E-state index is 0.0381. The molecule has 1 N–H and O–H groups in total. The topological polar surface area (TPSA) is 101 Å². The predicted molar refractivity (Wildman–Crippen MR) is 111 cm³/mol. The summed E-state index contributed by atoms with van der Waals surface area (Å²) in [5, 5.41) is 0.0381. The van der Waals surface area contributed by atoms with Crippen LogP contribution < -0.4 is 11.2 Å². The fourth-order valence-corrected chi connectivity index (χ4v) is 5.12. The number of hydrogen-bond acceptors (Lipinski definition) is 7. The molecule has 0 aliphatic carbocycles. The van der Waals surface area contributed by atoms with E-state index in [4.69, 9.17) is 23.4 Å². The molecule has 2 unspecified atom stereocenters. The van der Waals surface area contributed by atoms with Crippen molar-refractivity contribution in [1.29, 1.82) is 0 Å². The van der Waals surface area contributed by atoms with Crippen LogP contribution in [-0.2, 0) is 29.3 Å². The number of ether oxygens (including phenoxy) is 4. The quantitative estimate of drug-likeness (QED) is 0.719. The van der Waals surface area contributed by atoms with Crippen molar-refractivity contribution in [2.45, 2.75) is 95.8 Å². The maximum Gasteiger partial charge on any atom is 0.332 e. The number of hydrogen-bond donors (Lipinski definition) is 1. The molecule has 1 aromatic heterocycles. The zero-order chi connectivity index (χ0) is 22.3. The maximum atomic E-state index is 12.8. The SMILES string of the molecule is C[C@H]1O[C@]2(O[C@H](CO[Si](C)(C)C(C)(C)C)C3OC(C)(C)OC32)n2c1cc(=O)[nH]c2=O. The lowest BCUT2D eigenvalue weighted by molar-refractivity contribution is -0.335. The van der Waals surface area contributed by atoms with E-state index in [1.54, 1.807) is 6.92 Å². The normalized spacial score (nSPS) is 35.1. The number of aromatic amines is 1. The average Bonchev–Trinajstić information content (AvgIpc) is 3.14. The van der Waals surface area contributed by atoms with Gasteiger partial charge in [0.2, 0.25) is 0 Å². The molecule has 2 saturated heterocycles.